The van der Waals surface area contributed by atoms with E-state index >= 15 is 0 Å². The minimum Gasteiger partial charge on any atom is -0.354 e. The average molecular weight is 216 g/mol. The van der Waals surface area contributed by atoms with Crippen molar-refractivity contribution in [3.63, 3.8) is 0 Å². The van der Waals surface area contributed by atoms with Crippen LogP contribution in [0.5, 0.6) is 0 Å². The standard InChI is InChI=1S/C16H10N/c1-2-6-12-11(5-1)9-10-14-13-7-3-4-8-15(13)17-16(12)14/h1-5,7-10,17H. The Morgan fingerprint density at radius 2 is 1.76 bits per heavy atom. The van der Waals surface area contributed by atoms with Gasteiger partial charge in [0.1, 0.15) is 0 Å². The molecule has 0 saturated heterocycles. The number of rotatable bonds is 0. The SMILES string of the molecule is [c]1cccc2ccc3c4ccccc4[nH]c3c12. The predicted molar refractivity (Wildman–Crippen MR) is 72.1 cm³/mol. The molecule has 0 atom stereocenters. The van der Waals surface area contributed by atoms with E-state index < -0.39 is 0 Å². The Kier molecular flexibility index (Phi) is 1.61. The number of H-pyrrole nitrogens is 1. The lowest BCUT2D eigenvalue weighted by Gasteiger charge is -1.98. The molecule has 0 bridgehead atoms. The molecule has 1 heterocycles. The first-order chi connectivity index (χ1) is 8.43. The third kappa shape index (κ3) is 1.14. The second kappa shape index (κ2) is 3.11. The number of hydrogen-bond donors (Lipinski definition) is 1. The molecule has 0 aliphatic carbocycles. The Hall–Kier alpha value is -2.28. The Morgan fingerprint density at radius 3 is 2.76 bits per heavy atom. The van der Waals surface area contributed by atoms with Gasteiger partial charge in [-0.3, -0.25) is 0 Å². The predicted octanol–water partition coefficient (Wildman–Crippen LogP) is 4.27. The lowest BCUT2D eigenvalue weighted by molar-refractivity contribution is 1.56. The van der Waals surface area contributed by atoms with Crippen molar-refractivity contribution in [1.29, 1.82) is 0 Å². The summed E-state index contributed by atoms with van der Waals surface area (Å²) in [6.45, 7) is 0. The molecule has 4 rings (SSSR count). The van der Waals surface area contributed by atoms with E-state index in [0.29, 0.717) is 0 Å². The Balaban J connectivity index is 2.34. The molecular weight excluding hydrogens is 206 g/mol. The average Bonchev–Trinajstić information content (AvgIpc) is 2.78. The van der Waals surface area contributed by atoms with Gasteiger partial charge in [0.2, 0.25) is 0 Å². The van der Waals surface area contributed by atoms with Crippen molar-refractivity contribution in [3.8, 4) is 0 Å². The molecule has 0 aliphatic rings. The topological polar surface area (TPSA) is 15.8 Å². The number of hydrogen-bond acceptors (Lipinski definition) is 0. The first-order valence-electron chi connectivity index (χ1n) is 5.73. The van der Waals surface area contributed by atoms with Gasteiger partial charge in [-0.15, -0.1) is 0 Å². The highest BCUT2D eigenvalue weighted by atomic mass is 14.7. The van der Waals surface area contributed by atoms with Gasteiger partial charge in [-0.1, -0.05) is 48.5 Å². The molecule has 1 radical (unpaired) electrons. The molecule has 1 nitrogen and oxygen atoms in total. The lowest BCUT2D eigenvalue weighted by Crippen LogP contribution is -1.74. The van der Waals surface area contributed by atoms with Gasteiger partial charge in [-0.25, -0.2) is 0 Å². The van der Waals surface area contributed by atoms with Crippen LogP contribution in [-0.4, -0.2) is 4.98 Å². The zero-order chi connectivity index (χ0) is 11.2. The summed E-state index contributed by atoms with van der Waals surface area (Å²) in [5, 5.41) is 4.95. The van der Waals surface area contributed by atoms with Gasteiger partial charge < -0.3 is 4.98 Å². The van der Waals surface area contributed by atoms with E-state index in [1.54, 1.807) is 0 Å². The third-order valence-electron chi connectivity index (χ3n) is 3.31. The van der Waals surface area contributed by atoms with Crippen LogP contribution in [-0.2, 0) is 0 Å². The largest absolute Gasteiger partial charge is 0.354 e. The molecule has 0 unspecified atom stereocenters. The molecule has 0 amide bonds. The molecule has 0 saturated carbocycles. The van der Waals surface area contributed by atoms with Crippen molar-refractivity contribution < 1.29 is 0 Å². The number of aromatic amines is 1. The van der Waals surface area contributed by atoms with Crippen LogP contribution in [0.15, 0.2) is 54.6 Å². The first kappa shape index (κ1) is 8.82. The summed E-state index contributed by atoms with van der Waals surface area (Å²) < 4.78 is 0. The molecule has 3 aromatic carbocycles. The second-order valence-corrected chi connectivity index (χ2v) is 4.29. The molecule has 0 spiro atoms. The van der Waals surface area contributed by atoms with Crippen LogP contribution in [0.3, 0.4) is 0 Å². The number of nitrogens with one attached hydrogen (secondary N) is 1. The molecular formula is C16H10N. The second-order valence-electron chi connectivity index (χ2n) is 4.29. The highest BCUT2D eigenvalue weighted by Crippen LogP contribution is 2.30. The maximum Gasteiger partial charge on any atom is 0.0550 e. The Morgan fingerprint density at radius 1 is 0.824 bits per heavy atom. The van der Waals surface area contributed by atoms with Crippen molar-refractivity contribution >= 4 is 32.6 Å². The van der Waals surface area contributed by atoms with Gasteiger partial charge in [-0.05, 0) is 17.5 Å². The van der Waals surface area contributed by atoms with E-state index in [0.717, 1.165) is 0 Å². The summed E-state index contributed by atoms with van der Waals surface area (Å²) in [4.78, 5) is 3.49. The molecule has 0 aliphatic heterocycles. The first-order valence-corrected chi connectivity index (χ1v) is 5.73. The minimum atomic E-state index is 1.17. The zero-order valence-electron chi connectivity index (χ0n) is 9.20. The van der Waals surface area contributed by atoms with Crippen LogP contribution in [0, 0.1) is 6.07 Å². The molecule has 17 heavy (non-hydrogen) atoms. The minimum absolute atomic E-state index is 1.17. The van der Waals surface area contributed by atoms with Crippen molar-refractivity contribution in [3.05, 3.63) is 60.7 Å². The normalized spacial score (nSPS) is 11.5. The Labute approximate surface area is 98.7 Å². The molecule has 79 valence electrons. The van der Waals surface area contributed by atoms with Gasteiger partial charge >= 0.3 is 0 Å². The van der Waals surface area contributed by atoms with Crippen molar-refractivity contribution in [2.75, 3.05) is 0 Å². The maximum atomic E-state index is 3.49. The number of aromatic nitrogens is 1. The van der Waals surface area contributed by atoms with E-state index in [9.17, 15) is 0 Å². The molecule has 1 heteroatoms. The lowest BCUT2D eigenvalue weighted by atomic mass is 10.1. The van der Waals surface area contributed by atoms with E-state index in [-0.39, 0.29) is 0 Å². The Bertz CT molecular complexity index is 840. The van der Waals surface area contributed by atoms with Crippen LogP contribution < -0.4 is 0 Å². The summed E-state index contributed by atoms with van der Waals surface area (Å²) in [5.74, 6) is 0. The molecule has 0 fully saturated rings. The number of para-hydroxylation sites is 1. The van der Waals surface area contributed by atoms with Crippen molar-refractivity contribution in [1.82, 2.24) is 4.98 Å². The fraction of sp³-hybridized carbons (Fsp3) is 0. The van der Waals surface area contributed by atoms with Gasteiger partial charge in [0.15, 0.2) is 0 Å². The number of benzene rings is 3. The fourth-order valence-corrected chi connectivity index (χ4v) is 2.51. The monoisotopic (exact) mass is 216 g/mol. The van der Waals surface area contributed by atoms with E-state index in [1.807, 2.05) is 12.1 Å². The summed E-state index contributed by atoms with van der Waals surface area (Å²) in [5.41, 5.74) is 2.37. The maximum absolute atomic E-state index is 3.49. The zero-order valence-corrected chi connectivity index (χ0v) is 9.20. The molecule has 1 aromatic heterocycles. The molecule has 4 aromatic rings. The molecule has 1 N–H and O–H groups in total. The van der Waals surface area contributed by atoms with Gasteiger partial charge in [-0.2, -0.15) is 0 Å². The highest BCUT2D eigenvalue weighted by Gasteiger charge is 2.06. The van der Waals surface area contributed by atoms with Gasteiger partial charge in [0, 0.05) is 21.7 Å². The van der Waals surface area contributed by atoms with Crippen LogP contribution in [0.4, 0.5) is 0 Å². The number of fused-ring (bicyclic) bond motifs is 5. The van der Waals surface area contributed by atoms with Crippen molar-refractivity contribution in [2.24, 2.45) is 0 Å². The summed E-state index contributed by atoms with van der Waals surface area (Å²) in [6.07, 6.45) is 0. The van der Waals surface area contributed by atoms with Crippen LogP contribution >= 0.6 is 0 Å². The smallest absolute Gasteiger partial charge is 0.0550 e. The van der Waals surface area contributed by atoms with E-state index in [2.05, 4.69) is 53.5 Å². The van der Waals surface area contributed by atoms with E-state index in [1.165, 1.54) is 32.6 Å². The quantitative estimate of drug-likeness (QED) is 0.451. The summed E-state index contributed by atoms with van der Waals surface area (Å²) >= 11 is 0. The fourth-order valence-electron chi connectivity index (χ4n) is 2.51. The van der Waals surface area contributed by atoms with Crippen LogP contribution in [0.2, 0.25) is 0 Å². The van der Waals surface area contributed by atoms with Crippen molar-refractivity contribution in [2.45, 2.75) is 0 Å². The summed E-state index contributed by atoms with van der Waals surface area (Å²) in [6, 6.07) is 22.2. The van der Waals surface area contributed by atoms with Gasteiger partial charge in [0.25, 0.3) is 0 Å². The highest BCUT2D eigenvalue weighted by molar-refractivity contribution is 6.16. The van der Waals surface area contributed by atoms with Crippen LogP contribution in [0.25, 0.3) is 32.6 Å². The van der Waals surface area contributed by atoms with Crippen LogP contribution in [0.1, 0.15) is 0 Å². The van der Waals surface area contributed by atoms with Gasteiger partial charge in [0.05, 0.1) is 5.52 Å². The third-order valence-corrected chi connectivity index (χ3v) is 3.31. The summed E-state index contributed by atoms with van der Waals surface area (Å²) in [7, 11) is 0. The van der Waals surface area contributed by atoms with E-state index in [4.69, 9.17) is 0 Å².